The fourth-order valence-electron chi connectivity index (χ4n) is 1.63. The smallest absolute Gasteiger partial charge is 0.235 e. The van der Waals surface area contributed by atoms with E-state index >= 15 is 0 Å². The predicted octanol–water partition coefficient (Wildman–Crippen LogP) is 1.22. The molecule has 0 aliphatic rings. The number of rotatable bonds is 8. The molecule has 112 valence electrons. The third kappa shape index (κ3) is 7.02. The summed E-state index contributed by atoms with van der Waals surface area (Å²) in [4.78, 5) is 11.5. The quantitative estimate of drug-likeness (QED) is 0.680. The predicted molar refractivity (Wildman–Crippen MR) is 82.9 cm³/mol. The molecule has 0 bridgehead atoms. The van der Waals surface area contributed by atoms with Crippen molar-refractivity contribution < 1.29 is 13.2 Å². The molecule has 0 radical (unpaired) electrons. The largest absolute Gasteiger partial charge is 0.355 e. The Balaban J connectivity index is 2.44. The molecule has 0 aliphatic carbocycles. The summed E-state index contributed by atoms with van der Waals surface area (Å²) in [6.07, 6.45) is 1.57. The number of nitrogens with two attached hydrogens (primary N) is 1. The van der Waals surface area contributed by atoms with E-state index in [1.165, 1.54) is 0 Å². The van der Waals surface area contributed by atoms with E-state index in [2.05, 4.69) is 21.2 Å². The van der Waals surface area contributed by atoms with Gasteiger partial charge in [-0.25, -0.2) is 8.42 Å². The van der Waals surface area contributed by atoms with E-state index < -0.39 is 21.5 Å². The van der Waals surface area contributed by atoms with Gasteiger partial charge >= 0.3 is 0 Å². The number of amides is 1. The van der Waals surface area contributed by atoms with Crippen LogP contribution in [0.25, 0.3) is 0 Å². The Labute approximate surface area is 128 Å². The summed E-state index contributed by atoms with van der Waals surface area (Å²) >= 11 is 3.28. The lowest BCUT2D eigenvalue weighted by Crippen LogP contribution is -2.31. The molecular weight excluding hydrogens is 344 g/mol. The molecule has 7 heteroatoms. The van der Waals surface area contributed by atoms with Crippen LogP contribution in [0.2, 0.25) is 0 Å². The standard InChI is InChI=1S/C13H19BrN2O3S/c14-12-5-3-11(4-6-12)9-20(18,19)10-13(17)16-8-2-1-7-15/h3-6H,1-2,7-10,15H2,(H,16,17). The zero-order valence-electron chi connectivity index (χ0n) is 11.1. The molecule has 3 N–H and O–H groups in total. The summed E-state index contributed by atoms with van der Waals surface area (Å²) in [5.41, 5.74) is 6.00. The highest BCUT2D eigenvalue weighted by Gasteiger charge is 2.17. The molecule has 0 atom stereocenters. The van der Waals surface area contributed by atoms with E-state index in [1.807, 2.05) is 0 Å². The lowest BCUT2D eigenvalue weighted by Gasteiger charge is -2.06. The molecule has 0 aromatic heterocycles. The van der Waals surface area contributed by atoms with Crippen LogP contribution in [-0.4, -0.2) is 33.2 Å². The topological polar surface area (TPSA) is 89.3 Å². The minimum Gasteiger partial charge on any atom is -0.355 e. The molecule has 0 fully saturated rings. The molecule has 0 unspecified atom stereocenters. The van der Waals surface area contributed by atoms with Crippen molar-refractivity contribution in [2.45, 2.75) is 18.6 Å². The minimum absolute atomic E-state index is 0.128. The van der Waals surface area contributed by atoms with Crippen LogP contribution in [0.5, 0.6) is 0 Å². The Morgan fingerprint density at radius 1 is 1.20 bits per heavy atom. The second kappa shape index (κ2) is 8.39. The van der Waals surface area contributed by atoms with Crippen molar-refractivity contribution >= 4 is 31.7 Å². The molecule has 1 aromatic rings. The van der Waals surface area contributed by atoms with Crippen molar-refractivity contribution in [3.63, 3.8) is 0 Å². The normalized spacial score (nSPS) is 11.3. The Morgan fingerprint density at radius 3 is 2.45 bits per heavy atom. The van der Waals surface area contributed by atoms with E-state index in [4.69, 9.17) is 5.73 Å². The molecule has 0 saturated heterocycles. The van der Waals surface area contributed by atoms with Crippen LogP contribution >= 0.6 is 15.9 Å². The van der Waals surface area contributed by atoms with Gasteiger partial charge in [0, 0.05) is 11.0 Å². The average molecular weight is 363 g/mol. The van der Waals surface area contributed by atoms with Gasteiger partial charge in [0.05, 0.1) is 5.75 Å². The molecule has 0 heterocycles. The zero-order chi connectivity index (χ0) is 15.0. The van der Waals surface area contributed by atoms with Crippen molar-refractivity contribution in [1.29, 1.82) is 0 Å². The summed E-state index contributed by atoms with van der Waals surface area (Å²) in [5, 5.41) is 2.59. The zero-order valence-corrected chi connectivity index (χ0v) is 13.5. The summed E-state index contributed by atoms with van der Waals surface area (Å²) in [6.45, 7) is 1.03. The van der Waals surface area contributed by atoms with Crippen LogP contribution < -0.4 is 11.1 Å². The van der Waals surface area contributed by atoms with Gasteiger partial charge in [0.2, 0.25) is 5.91 Å². The van der Waals surface area contributed by atoms with Gasteiger partial charge in [-0.15, -0.1) is 0 Å². The van der Waals surface area contributed by atoms with Crippen LogP contribution in [0, 0.1) is 0 Å². The van der Waals surface area contributed by atoms with E-state index in [-0.39, 0.29) is 5.75 Å². The monoisotopic (exact) mass is 362 g/mol. The number of unbranched alkanes of at least 4 members (excludes halogenated alkanes) is 1. The SMILES string of the molecule is NCCCCNC(=O)CS(=O)(=O)Cc1ccc(Br)cc1. The first-order valence-corrected chi connectivity index (χ1v) is 8.96. The van der Waals surface area contributed by atoms with Gasteiger partial charge < -0.3 is 11.1 Å². The number of sulfone groups is 1. The van der Waals surface area contributed by atoms with Gasteiger partial charge in [0.1, 0.15) is 5.75 Å². The van der Waals surface area contributed by atoms with Gasteiger partial charge in [-0.1, -0.05) is 28.1 Å². The first-order chi connectivity index (χ1) is 9.43. The maximum atomic E-state index is 11.9. The third-order valence-corrected chi connectivity index (χ3v) is 4.61. The number of carbonyl (C=O) groups is 1. The number of hydrogen-bond acceptors (Lipinski definition) is 4. The lowest BCUT2D eigenvalue weighted by atomic mass is 10.2. The fraction of sp³-hybridized carbons (Fsp3) is 0.462. The van der Waals surface area contributed by atoms with Gasteiger partial charge in [0.15, 0.2) is 9.84 Å². The average Bonchev–Trinajstić information content (AvgIpc) is 2.36. The molecule has 20 heavy (non-hydrogen) atoms. The summed E-state index contributed by atoms with van der Waals surface area (Å²) < 4.78 is 24.7. The van der Waals surface area contributed by atoms with Crippen molar-refractivity contribution in [1.82, 2.24) is 5.32 Å². The second-order valence-corrected chi connectivity index (χ2v) is 7.48. The molecule has 5 nitrogen and oxygen atoms in total. The maximum absolute atomic E-state index is 11.9. The third-order valence-electron chi connectivity index (χ3n) is 2.60. The molecular formula is C13H19BrN2O3S. The number of nitrogens with one attached hydrogen (secondary N) is 1. The molecule has 0 aliphatic heterocycles. The summed E-state index contributed by atoms with van der Waals surface area (Å²) in [5.74, 6) is -1.07. The first-order valence-electron chi connectivity index (χ1n) is 6.34. The second-order valence-electron chi connectivity index (χ2n) is 4.50. The van der Waals surface area contributed by atoms with E-state index in [0.29, 0.717) is 18.7 Å². The first kappa shape index (κ1) is 17.1. The lowest BCUT2D eigenvalue weighted by molar-refractivity contribution is -0.118. The highest BCUT2D eigenvalue weighted by molar-refractivity contribution is 9.10. The highest BCUT2D eigenvalue weighted by Crippen LogP contribution is 2.13. The fourth-order valence-corrected chi connectivity index (χ4v) is 3.20. The van der Waals surface area contributed by atoms with Crippen molar-refractivity contribution in [2.24, 2.45) is 5.73 Å². The van der Waals surface area contributed by atoms with Gasteiger partial charge in [-0.3, -0.25) is 4.79 Å². The van der Waals surface area contributed by atoms with Crippen LogP contribution in [0.1, 0.15) is 18.4 Å². The van der Waals surface area contributed by atoms with Crippen LogP contribution in [0.15, 0.2) is 28.7 Å². The molecule has 0 spiro atoms. The molecule has 0 saturated carbocycles. The van der Waals surface area contributed by atoms with Gasteiger partial charge in [-0.2, -0.15) is 0 Å². The molecule has 1 amide bonds. The summed E-state index contributed by atoms with van der Waals surface area (Å²) in [7, 11) is -3.44. The number of carbonyl (C=O) groups excluding carboxylic acids is 1. The van der Waals surface area contributed by atoms with E-state index in [9.17, 15) is 13.2 Å². The Morgan fingerprint density at radius 2 is 1.85 bits per heavy atom. The number of benzene rings is 1. The maximum Gasteiger partial charge on any atom is 0.235 e. The van der Waals surface area contributed by atoms with Crippen LogP contribution in [0.4, 0.5) is 0 Å². The van der Waals surface area contributed by atoms with Crippen molar-refractivity contribution in [2.75, 3.05) is 18.8 Å². The van der Waals surface area contributed by atoms with Crippen LogP contribution in [-0.2, 0) is 20.4 Å². The molecule has 1 rings (SSSR count). The van der Waals surface area contributed by atoms with Crippen molar-refractivity contribution in [3.05, 3.63) is 34.3 Å². The summed E-state index contributed by atoms with van der Waals surface area (Å²) in [6, 6.07) is 7.00. The number of halogens is 1. The number of hydrogen-bond donors (Lipinski definition) is 2. The van der Waals surface area contributed by atoms with Crippen LogP contribution in [0.3, 0.4) is 0 Å². The van der Waals surface area contributed by atoms with Gasteiger partial charge in [0.25, 0.3) is 0 Å². The Hall–Kier alpha value is -0.920. The minimum atomic E-state index is -3.44. The van der Waals surface area contributed by atoms with E-state index in [0.717, 1.165) is 17.3 Å². The Bertz CT molecular complexity index is 529. The Kier molecular flexibility index (Phi) is 7.18. The molecule has 1 aromatic carbocycles. The highest BCUT2D eigenvalue weighted by atomic mass is 79.9. The van der Waals surface area contributed by atoms with Gasteiger partial charge in [-0.05, 0) is 37.1 Å². The van der Waals surface area contributed by atoms with Crippen molar-refractivity contribution in [3.8, 4) is 0 Å². The van der Waals surface area contributed by atoms with E-state index in [1.54, 1.807) is 24.3 Å².